The number of hydrogen-bond acceptors (Lipinski definition) is 3. The number of rotatable bonds is 6. The number of halogens is 5. The van der Waals surface area contributed by atoms with Crippen molar-refractivity contribution in [1.82, 2.24) is 4.90 Å². The minimum Gasteiger partial charge on any atom is -0.494 e. The molecule has 4 nitrogen and oxygen atoms in total. The molecule has 1 fully saturated rings. The number of benzene rings is 2. The molecule has 0 radical (unpaired) electrons. The van der Waals surface area contributed by atoms with E-state index in [1.165, 1.54) is 6.07 Å². The number of alkyl halides is 3. The highest BCUT2D eigenvalue weighted by Crippen LogP contribution is 2.43. The lowest BCUT2D eigenvalue weighted by Gasteiger charge is -2.40. The Labute approximate surface area is 192 Å². The van der Waals surface area contributed by atoms with E-state index in [9.17, 15) is 23.1 Å². The fourth-order valence-electron chi connectivity index (χ4n) is 4.00. The van der Waals surface area contributed by atoms with Crippen molar-refractivity contribution in [2.75, 3.05) is 13.2 Å². The second-order valence-electron chi connectivity index (χ2n) is 7.34. The Kier molecular flexibility index (Phi) is 7.55. The molecule has 2 atom stereocenters. The first-order valence-electron chi connectivity index (χ1n) is 9.91. The van der Waals surface area contributed by atoms with Crippen LogP contribution >= 0.6 is 27.5 Å². The zero-order chi connectivity index (χ0) is 22.8. The van der Waals surface area contributed by atoms with Gasteiger partial charge < -0.3 is 9.84 Å². The smallest absolute Gasteiger partial charge is 0.416 e. The summed E-state index contributed by atoms with van der Waals surface area (Å²) < 4.78 is 46.9. The van der Waals surface area contributed by atoms with Gasteiger partial charge in [0.1, 0.15) is 11.8 Å². The van der Waals surface area contributed by atoms with Crippen LogP contribution in [-0.2, 0) is 11.0 Å². The molecule has 0 amide bonds. The normalized spacial score (nSPS) is 18.6. The Morgan fingerprint density at radius 1 is 1.26 bits per heavy atom. The van der Waals surface area contributed by atoms with E-state index >= 15 is 0 Å². The lowest BCUT2D eigenvalue weighted by Crippen LogP contribution is -2.47. The molecule has 31 heavy (non-hydrogen) atoms. The number of carboxylic acid groups (broad SMARTS) is 1. The predicted octanol–water partition coefficient (Wildman–Crippen LogP) is 6.55. The van der Waals surface area contributed by atoms with E-state index in [-0.39, 0.29) is 10.6 Å². The van der Waals surface area contributed by atoms with E-state index in [4.69, 9.17) is 16.3 Å². The molecule has 0 aromatic heterocycles. The number of nitrogens with zero attached hydrogens (tertiary/aromatic N) is 1. The van der Waals surface area contributed by atoms with Crippen molar-refractivity contribution in [3.8, 4) is 5.75 Å². The highest BCUT2D eigenvalue weighted by Gasteiger charge is 2.39. The van der Waals surface area contributed by atoms with Crippen molar-refractivity contribution < 1.29 is 27.8 Å². The fraction of sp³-hybridized carbons (Fsp3) is 0.409. The summed E-state index contributed by atoms with van der Waals surface area (Å²) in [5, 5.41) is 9.97. The van der Waals surface area contributed by atoms with Gasteiger partial charge >= 0.3 is 12.1 Å². The summed E-state index contributed by atoms with van der Waals surface area (Å²) in [4.78, 5) is 13.7. The molecule has 1 aliphatic heterocycles. The summed E-state index contributed by atoms with van der Waals surface area (Å²) in [5.74, 6) is -0.542. The molecule has 9 heteroatoms. The summed E-state index contributed by atoms with van der Waals surface area (Å²) in [7, 11) is 0. The topological polar surface area (TPSA) is 49.8 Å². The third kappa shape index (κ3) is 5.35. The van der Waals surface area contributed by atoms with Crippen LogP contribution in [0.25, 0.3) is 0 Å². The van der Waals surface area contributed by atoms with Crippen LogP contribution in [-0.4, -0.2) is 35.2 Å². The van der Waals surface area contributed by atoms with Crippen LogP contribution in [0.3, 0.4) is 0 Å². The predicted molar refractivity (Wildman–Crippen MR) is 116 cm³/mol. The molecule has 0 aliphatic carbocycles. The first-order valence-corrected chi connectivity index (χ1v) is 11.1. The standard InChI is InChI=1S/C22H22BrClF3NO3/c1-2-31-19-9-7-14(23)12-16(19)20(28-10-4-3-5-18(28)21(29)30)15-11-13(22(25,26)27)6-8-17(15)24/h6-9,11-12,18,20H,2-5,10H2,1H3,(H,29,30). The second kappa shape index (κ2) is 9.79. The van der Waals surface area contributed by atoms with Crippen LogP contribution in [0.5, 0.6) is 5.75 Å². The molecule has 2 aromatic rings. The van der Waals surface area contributed by atoms with E-state index in [1.807, 2.05) is 0 Å². The summed E-state index contributed by atoms with van der Waals surface area (Å²) in [6.07, 6.45) is -2.69. The van der Waals surface area contributed by atoms with Gasteiger partial charge in [-0.2, -0.15) is 13.2 Å². The lowest BCUT2D eigenvalue weighted by molar-refractivity contribution is -0.145. The molecule has 1 heterocycles. The Morgan fingerprint density at radius 2 is 2.00 bits per heavy atom. The molecule has 1 saturated heterocycles. The molecular weight excluding hydrogens is 499 g/mol. The molecule has 0 bridgehead atoms. The molecule has 2 aromatic carbocycles. The zero-order valence-corrected chi connectivity index (χ0v) is 19.1. The summed E-state index contributed by atoms with van der Waals surface area (Å²) in [6, 6.07) is 6.72. The van der Waals surface area contributed by atoms with Crippen molar-refractivity contribution in [2.24, 2.45) is 0 Å². The van der Waals surface area contributed by atoms with Gasteiger partial charge in [0.15, 0.2) is 0 Å². The van der Waals surface area contributed by atoms with Crippen molar-refractivity contribution in [3.63, 3.8) is 0 Å². The number of hydrogen-bond donors (Lipinski definition) is 1. The number of carboxylic acids is 1. The van der Waals surface area contributed by atoms with Crippen LogP contribution in [0.1, 0.15) is 48.9 Å². The van der Waals surface area contributed by atoms with Gasteiger partial charge in [0.05, 0.1) is 18.2 Å². The third-order valence-corrected chi connectivity index (χ3v) is 6.18. The van der Waals surface area contributed by atoms with Crippen LogP contribution in [0.15, 0.2) is 40.9 Å². The maximum atomic E-state index is 13.5. The highest BCUT2D eigenvalue weighted by molar-refractivity contribution is 9.10. The quantitative estimate of drug-likeness (QED) is 0.469. The van der Waals surface area contributed by atoms with Gasteiger partial charge in [-0.05, 0) is 68.3 Å². The van der Waals surface area contributed by atoms with E-state index in [0.29, 0.717) is 35.4 Å². The van der Waals surface area contributed by atoms with E-state index in [2.05, 4.69) is 15.9 Å². The number of ether oxygens (including phenoxy) is 1. The maximum Gasteiger partial charge on any atom is 0.416 e. The molecular formula is C22H22BrClF3NO3. The van der Waals surface area contributed by atoms with E-state index in [0.717, 1.165) is 25.0 Å². The van der Waals surface area contributed by atoms with Crippen molar-refractivity contribution in [2.45, 2.75) is 44.4 Å². The van der Waals surface area contributed by atoms with Crippen LogP contribution < -0.4 is 4.74 Å². The number of carbonyl (C=O) groups is 1. The molecule has 1 aliphatic rings. The first kappa shape index (κ1) is 23.9. The van der Waals surface area contributed by atoms with Gasteiger partial charge in [-0.15, -0.1) is 0 Å². The van der Waals surface area contributed by atoms with Gasteiger partial charge in [0, 0.05) is 15.1 Å². The van der Waals surface area contributed by atoms with E-state index < -0.39 is 29.8 Å². The lowest BCUT2D eigenvalue weighted by atomic mass is 9.90. The summed E-state index contributed by atoms with van der Waals surface area (Å²) >= 11 is 9.83. The third-order valence-electron chi connectivity index (χ3n) is 5.35. The first-order chi connectivity index (χ1) is 14.6. The molecule has 3 rings (SSSR count). The Hall–Kier alpha value is -1.77. The monoisotopic (exact) mass is 519 g/mol. The molecule has 0 spiro atoms. The van der Waals surface area contributed by atoms with Gasteiger partial charge in [-0.3, -0.25) is 9.69 Å². The second-order valence-corrected chi connectivity index (χ2v) is 8.66. The van der Waals surface area contributed by atoms with Gasteiger partial charge in [0.25, 0.3) is 0 Å². The SMILES string of the molecule is CCOc1ccc(Br)cc1C(c1cc(C(F)(F)F)ccc1Cl)N1CCCCC1C(=O)O. The molecule has 0 saturated carbocycles. The minimum absolute atomic E-state index is 0.134. The number of aliphatic carboxylic acids is 1. The molecule has 168 valence electrons. The van der Waals surface area contributed by atoms with Gasteiger partial charge in [-0.25, -0.2) is 0 Å². The Bertz CT molecular complexity index is 954. The number of likely N-dealkylation sites (tertiary alicyclic amines) is 1. The maximum absolute atomic E-state index is 13.5. The summed E-state index contributed by atoms with van der Waals surface area (Å²) in [6.45, 7) is 2.56. The Morgan fingerprint density at radius 3 is 2.65 bits per heavy atom. The van der Waals surface area contributed by atoms with Crippen LogP contribution in [0.4, 0.5) is 13.2 Å². The average molecular weight is 521 g/mol. The van der Waals surface area contributed by atoms with Crippen molar-refractivity contribution >= 4 is 33.5 Å². The highest BCUT2D eigenvalue weighted by atomic mass is 79.9. The van der Waals surface area contributed by atoms with Crippen LogP contribution in [0, 0.1) is 0 Å². The average Bonchev–Trinajstić information content (AvgIpc) is 2.71. The van der Waals surface area contributed by atoms with Crippen molar-refractivity contribution in [3.05, 3.63) is 62.6 Å². The molecule has 2 unspecified atom stereocenters. The van der Waals surface area contributed by atoms with Gasteiger partial charge in [0.2, 0.25) is 0 Å². The minimum atomic E-state index is -4.56. The van der Waals surface area contributed by atoms with Crippen molar-refractivity contribution in [1.29, 1.82) is 0 Å². The fourth-order valence-corrected chi connectivity index (χ4v) is 4.60. The zero-order valence-electron chi connectivity index (χ0n) is 16.8. The van der Waals surface area contributed by atoms with Gasteiger partial charge in [-0.1, -0.05) is 34.0 Å². The Balaban J connectivity index is 2.26. The van der Waals surface area contributed by atoms with E-state index in [1.54, 1.807) is 30.0 Å². The van der Waals surface area contributed by atoms with Crippen LogP contribution in [0.2, 0.25) is 5.02 Å². The number of piperidine rings is 1. The summed E-state index contributed by atoms with van der Waals surface area (Å²) in [5.41, 5.74) is -0.0805. The largest absolute Gasteiger partial charge is 0.494 e. The molecule has 1 N–H and O–H groups in total.